The predicted molar refractivity (Wildman–Crippen MR) is 88.7 cm³/mol. The minimum absolute atomic E-state index is 0.250. The van der Waals surface area contributed by atoms with Crippen LogP contribution in [0.3, 0.4) is 0 Å². The number of benzene rings is 1. The highest BCUT2D eigenvalue weighted by atomic mass is 19.1. The molecule has 0 radical (unpaired) electrons. The molecule has 3 rings (SSSR count). The molecule has 0 spiro atoms. The number of nitrogens with one attached hydrogen (secondary N) is 1. The lowest BCUT2D eigenvalue weighted by Crippen LogP contribution is -2.39. The number of fused-ring (bicyclic) bond motifs is 1. The molecule has 1 aromatic heterocycles. The molecule has 1 amide bonds. The van der Waals surface area contributed by atoms with Crippen LogP contribution < -0.4 is 0 Å². The largest absolute Gasteiger partial charge is 0.444 e. The fourth-order valence-electron chi connectivity index (χ4n) is 2.77. The molecule has 1 aliphatic heterocycles. The third-order valence-corrected chi connectivity index (χ3v) is 3.85. The van der Waals surface area contributed by atoms with Gasteiger partial charge in [-0.05, 0) is 51.0 Å². The zero-order chi connectivity index (χ0) is 16.6. The van der Waals surface area contributed by atoms with Crippen LogP contribution in [0.5, 0.6) is 0 Å². The average Bonchev–Trinajstić information content (AvgIpc) is 2.88. The smallest absolute Gasteiger partial charge is 0.410 e. The number of hydrogen-bond donors (Lipinski definition) is 1. The zero-order valence-corrected chi connectivity index (χ0v) is 13.6. The number of halogens is 1. The number of carbonyl (C=O) groups excluding carboxylic acids is 1. The van der Waals surface area contributed by atoms with Crippen LogP contribution in [0.1, 0.15) is 32.8 Å². The highest BCUT2D eigenvalue weighted by molar-refractivity contribution is 5.93. The van der Waals surface area contributed by atoms with Gasteiger partial charge >= 0.3 is 6.09 Å². The van der Waals surface area contributed by atoms with Crippen molar-refractivity contribution >= 4 is 22.6 Å². The van der Waals surface area contributed by atoms with Gasteiger partial charge in [-0.2, -0.15) is 0 Å². The molecule has 122 valence electrons. The summed E-state index contributed by atoms with van der Waals surface area (Å²) >= 11 is 0. The maximum atomic E-state index is 13.3. The molecule has 2 heterocycles. The quantitative estimate of drug-likeness (QED) is 0.851. The SMILES string of the molecule is CC(C)(C)OC(=O)N1CC=C(c2c[nH]c3cc(F)ccc23)CC1. The Morgan fingerprint density at radius 1 is 1.35 bits per heavy atom. The number of aromatic amines is 1. The van der Waals surface area contributed by atoms with Crippen molar-refractivity contribution in [1.29, 1.82) is 0 Å². The van der Waals surface area contributed by atoms with Crippen molar-refractivity contribution in [1.82, 2.24) is 9.88 Å². The third-order valence-electron chi connectivity index (χ3n) is 3.85. The minimum Gasteiger partial charge on any atom is -0.444 e. The summed E-state index contributed by atoms with van der Waals surface area (Å²) in [5.41, 5.74) is 2.55. The lowest BCUT2D eigenvalue weighted by Gasteiger charge is -2.29. The molecule has 0 atom stereocenters. The molecule has 4 nitrogen and oxygen atoms in total. The predicted octanol–water partition coefficient (Wildman–Crippen LogP) is 4.33. The molecule has 0 saturated heterocycles. The van der Waals surface area contributed by atoms with Crippen molar-refractivity contribution in [2.24, 2.45) is 0 Å². The summed E-state index contributed by atoms with van der Waals surface area (Å²) in [6, 6.07) is 4.75. The Morgan fingerprint density at radius 3 is 2.78 bits per heavy atom. The topological polar surface area (TPSA) is 45.3 Å². The second kappa shape index (κ2) is 5.72. The second-order valence-corrected chi connectivity index (χ2v) is 6.80. The maximum absolute atomic E-state index is 13.3. The second-order valence-electron chi connectivity index (χ2n) is 6.80. The van der Waals surface area contributed by atoms with E-state index in [1.807, 2.05) is 33.0 Å². The van der Waals surface area contributed by atoms with E-state index >= 15 is 0 Å². The number of aromatic nitrogens is 1. The van der Waals surface area contributed by atoms with Gasteiger partial charge in [0.2, 0.25) is 0 Å². The summed E-state index contributed by atoms with van der Waals surface area (Å²) in [6.45, 7) is 6.73. The fourth-order valence-corrected chi connectivity index (χ4v) is 2.77. The molecular weight excluding hydrogens is 295 g/mol. The van der Waals surface area contributed by atoms with Crippen LogP contribution in [-0.4, -0.2) is 34.7 Å². The molecule has 0 bridgehead atoms. The van der Waals surface area contributed by atoms with Crippen LogP contribution in [-0.2, 0) is 4.74 Å². The van der Waals surface area contributed by atoms with E-state index in [1.54, 1.807) is 11.0 Å². The Labute approximate surface area is 134 Å². The molecule has 0 aliphatic carbocycles. The molecule has 1 aromatic carbocycles. The van der Waals surface area contributed by atoms with E-state index in [9.17, 15) is 9.18 Å². The molecular formula is C18H21FN2O2. The van der Waals surface area contributed by atoms with Crippen LogP contribution in [0.4, 0.5) is 9.18 Å². The van der Waals surface area contributed by atoms with Gasteiger partial charge in [0.15, 0.2) is 0 Å². The minimum atomic E-state index is -0.484. The van der Waals surface area contributed by atoms with Gasteiger partial charge in [-0.25, -0.2) is 9.18 Å². The summed E-state index contributed by atoms with van der Waals surface area (Å²) in [6.07, 6.45) is 4.41. The molecule has 1 aliphatic rings. The average molecular weight is 316 g/mol. The zero-order valence-electron chi connectivity index (χ0n) is 13.6. The number of ether oxygens (including phenoxy) is 1. The first-order valence-electron chi connectivity index (χ1n) is 7.77. The summed E-state index contributed by atoms with van der Waals surface area (Å²) in [7, 11) is 0. The van der Waals surface area contributed by atoms with Crippen molar-refractivity contribution in [2.75, 3.05) is 13.1 Å². The number of nitrogens with zero attached hydrogens (tertiary/aromatic N) is 1. The Kier molecular flexibility index (Phi) is 3.88. The van der Waals surface area contributed by atoms with Gasteiger partial charge in [0.25, 0.3) is 0 Å². The van der Waals surface area contributed by atoms with Crippen molar-refractivity contribution in [3.05, 3.63) is 41.9 Å². The summed E-state index contributed by atoms with van der Waals surface area (Å²) in [4.78, 5) is 16.9. The van der Waals surface area contributed by atoms with E-state index in [4.69, 9.17) is 4.74 Å². The van der Waals surface area contributed by atoms with Crippen LogP contribution >= 0.6 is 0 Å². The van der Waals surface area contributed by atoms with Gasteiger partial charge in [-0.15, -0.1) is 0 Å². The molecule has 5 heteroatoms. The Hall–Kier alpha value is -2.30. The lowest BCUT2D eigenvalue weighted by atomic mass is 9.99. The van der Waals surface area contributed by atoms with Crippen molar-refractivity contribution in [3.63, 3.8) is 0 Å². The van der Waals surface area contributed by atoms with E-state index in [1.165, 1.54) is 17.7 Å². The lowest BCUT2D eigenvalue weighted by molar-refractivity contribution is 0.0270. The van der Waals surface area contributed by atoms with Crippen LogP contribution in [0, 0.1) is 5.82 Å². The van der Waals surface area contributed by atoms with E-state index in [2.05, 4.69) is 4.98 Å². The first-order valence-corrected chi connectivity index (χ1v) is 7.77. The highest BCUT2D eigenvalue weighted by Gasteiger charge is 2.24. The first-order chi connectivity index (χ1) is 10.8. The normalized spacial score (nSPS) is 15.7. The van der Waals surface area contributed by atoms with Crippen LogP contribution in [0.2, 0.25) is 0 Å². The number of hydrogen-bond acceptors (Lipinski definition) is 2. The van der Waals surface area contributed by atoms with E-state index < -0.39 is 5.60 Å². The molecule has 23 heavy (non-hydrogen) atoms. The highest BCUT2D eigenvalue weighted by Crippen LogP contribution is 2.30. The van der Waals surface area contributed by atoms with Gasteiger partial charge in [-0.3, -0.25) is 0 Å². The maximum Gasteiger partial charge on any atom is 0.410 e. The summed E-state index contributed by atoms with van der Waals surface area (Å²) in [5.74, 6) is -0.250. The molecule has 0 unspecified atom stereocenters. The molecule has 1 N–H and O–H groups in total. The summed E-state index contributed by atoms with van der Waals surface area (Å²) in [5, 5.41) is 1.00. The van der Waals surface area contributed by atoms with Crippen molar-refractivity contribution in [2.45, 2.75) is 32.8 Å². The van der Waals surface area contributed by atoms with Gasteiger partial charge in [0, 0.05) is 35.8 Å². The summed E-state index contributed by atoms with van der Waals surface area (Å²) < 4.78 is 18.7. The Balaban J connectivity index is 1.77. The fraction of sp³-hybridized carbons (Fsp3) is 0.389. The third kappa shape index (κ3) is 3.38. The van der Waals surface area contributed by atoms with E-state index in [-0.39, 0.29) is 11.9 Å². The molecule has 2 aromatic rings. The van der Waals surface area contributed by atoms with Crippen LogP contribution in [0.25, 0.3) is 16.5 Å². The molecule has 0 fully saturated rings. The van der Waals surface area contributed by atoms with Crippen molar-refractivity contribution in [3.8, 4) is 0 Å². The Morgan fingerprint density at radius 2 is 2.13 bits per heavy atom. The van der Waals surface area contributed by atoms with Gasteiger partial charge in [0.1, 0.15) is 11.4 Å². The molecule has 0 saturated carbocycles. The van der Waals surface area contributed by atoms with Gasteiger partial charge in [0.05, 0.1) is 0 Å². The Bertz CT molecular complexity index is 771. The number of rotatable bonds is 1. The monoisotopic (exact) mass is 316 g/mol. The van der Waals surface area contributed by atoms with E-state index in [0.29, 0.717) is 13.1 Å². The van der Waals surface area contributed by atoms with Crippen molar-refractivity contribution < 1.29 is 13.9 Å². The van der Waals surface area contributed by atoms with Gasteiger partial charge in [-0.1, -0.05) is 6.08 Å². The number of carbonyl (C=O) groups is 1. The van der Waals surface area contributed by atoms with Crippen LogP contribution in [0.15, 0.2) is 30.5 Å². The van der Waals surface area contributed by atoms with E-state index in [0.717, 1.165) is 22.9 Å². The van der Waals surface area contributed by atoms with Gasteiger partial charge < -0.3 is 14.6 Å². The number of amides is 1. The first kappa shape index (κ1) is 15.6. The standard InChI is InChI=1S/C18H21FN2O2/c1-18(2,3)23-17(22)21-8-6-12(7-9-21)15-11-20-16-10-13(19)4-5-14(15)16/h4-6,10-11,20H,7-9H2,1-3H3. The number of H-pyrrole nitrogens is 1.